The van der Waals surface area contributed by atoms with Crippen LogP contribution in [0.3, 0.4) is 0 Å². The summed E-state index contributed by atoms with van der Waals surface area (Å²) in [6, 6.07) is 17.9. The van der Waals surface area contributed by atoms with Gasteiger partial charge >= 0.3 is 0 Å². The molecular weight excluding hydrogens is 442 g/mol. The van der Waals surface area contributed by atoms with E-state index in [1.54, 1.807) is 43.3 Å². The van der Waals surface area contributed by atoms with Crippen molar-refractivity contribution in [2.24, 2.45) is 0 Å². The molecule has 0 saturated heterocycles. The molecule has 0 amide bonds. The van der Waals surface area contributed by atoms with Gasteiger partial charge in [-0.15, -0.1) is 11.8 Å². The van der Waals surface area contributed by atoms with Crippen LogP contribution in [0.15, 0.2) is 76.1 Å². The van der Waals surface area contributed by atoms with Gasteiger partial charge in [0.1, 0.15) is 11.6 Å². The quantitative estimate of drug-likeness (QED) is 0.287. The van der Waals surface area contributed by atoms with Gasteiger partial charge < -0.3 is 0 Å². The molecule has 0 fully saturated rings. The minimum Gasteiger partial charge on any atom is -0.288 e. The van der Waals surface area contributed by atoms with Gasteiger partial charge in [-0.3, -0.25) is 4.79 Å². The van der Waals surface area contributed by atoms with Crippen molar-refractivity contribution in [3.8, 4) is 0 Å². The minimum atomic E-state index is -0.311. The summed E-state index contributed by atoms with van der Waals surface area (Å²) in [5, 5.41) is 0. The van der Waals surface area contributed by atoms with E-state index in [1.807, 2.05) is 12.1 Å². The van der Waals surface area contributed by atoms with Crippen LogP contribution >= 0.6 is 27.7 Å². The Bertz CT molecular complexity index is 1010. The average molecular weight is 459 g/mol. The molecule has 0 N–H and O–H groups in total. The summed E-state index contributed by atoms with van der Waals surface area (Å²) in [5.74, 6) is -0.190. The fourth-order valence-corrected chi connectivity index (χ4v) is 3.84. The van der Waals surface area contributed by atoms with E-state index in [2.05, 4.69) is 15.9 Å². The van der Waals surface area contributed by atoms with E-state index in [9.17, 15) is 13.6 Å². The molecule has 1 nitrogen and oxygen atoms in total. The maximum atomic E-state index is 13.4. The Balaban J connectivity index is 1.92. The Morgan fingerprint density at radius 2 is 1.61 bits per heavy atom. The lowest BCUT2D eigenvalue weighted by Crippen LogP contribution is -2.02. The number of hydrogen-bond acceptors (Lipinski definition) is 2. The third kappa shape index (κ3) is 5.40. The van der Waals surface area contributed by atoms with Gasteiger partial charge in [-0.2, -0.15) is 0 Å². The van der Waals surface area contributed by atoms with Crippen molar-refractivity contribution in [2.75, 3.05) is 0 Å². The van der Waals surface area contributed by atoms with Crippen molar-refractivity contribution < 1.29 is 13.6 Å². The summed E-state index contributed by atoms with van der Waals surface area (Å²) in [6.45, 7) is 1.81. The number of hydrogen-bond donors (Lipinski definition) is 0. The van der Waals surface area contributed by atoms with Crippen LogP contribution in [-0.2, 0) is 5.75 Å². The highest BCUT2D eigenvalue weighted by Crippen LogP contribution is 2.29. The Kier molecular flexibility index (Phi) is 6.81. The van der Waals surface area contributed by atoms with Crippen LogP contribution in [0.25, 0.3) is 6.08 Å². The fourth-order valence-electron chi connectivity index (χ4n) is 2.60. The van der Waals surface area contributed by atoms with E-state index in [0.29, 0.717) is 16.2 Å². The molecule has 5 heteroatoms. The molecule has 0 aliphatic heterocycles. The SMILES string of the molecule is Cc1cc(F)ccc1/C=C(/SCc1ccc(F)cc1)C(=O)c1ccc(Br)cc1. The molecule has 0 aromatic heterocycles. The highest BCUT2D eigenvalue weighted by atomic mass is 79.9. The van der Waals surface area contributed by atoms with Gasteiger partial charge in [-0.05, 0) is 78.2 Å². The summed E-state index contributed by atoms with van der Waals surface area (Å²) in [4.78, 5) is 13.6. The van der Waals surface area contributed by atoms with Gasteiger partial charge in [0.15, 0.2) is 5.78 Å². The molecule has 0 aliphatic rings. The molecule has 0 spiro atoms. The molecule has 3 aromatic carbocycles. The second kappa shape index (κ2) is 9.30. The van der Waals surface area contributed by atoms with Crippen LogP contribution in [0.4, 0.5) is 8.78 Å². The van der Waals surface area contributed by atoms with E-state index in [-0.39, 0.29) is 17.4 Å². The molecule has 0 saturated carbocycles. The third-order valence-corrected chi connectivity index (χ3v) is 5.78. The number of carbonyl (C=O) groups excluding carboxylic acids is 1. The first-order valence-corrected chi connectivity index (χ1v) is 10.4. The molecule has 0 unspecified atom stereocenters. The second-order valence-electron chi connectivity index (χ2n) is 6.26. The van der Waals surface area contributed by atoms with Gasteiger partial charge in [-0.1, -0.05) is 34.1 Å². The predicted molar refractivity (Wildman–Crippen MR) is 115 cm³/mol. The number of Topliss-reactive ketones (excluding diaryl/α,β-unsaturated/α-hetero) is 1. The zero-order valence-corrected chi connectivity index (χ0v) is 17.5. The largest absolute Gasteiger partial charge is 0.288 e. The van der Waals surface area contributed by atoms with Gasteiger partial charge in [0.25, 0.3) is 0 Å². The Morgan fingerprint density at radius 3 is 2.25 bits per heavy atom. The molecule has 0 heterocycles. The first-order valence-electron chi connectivity index (χ1n) is 8.58. The molecular formula is C23H17BrF2OS. The average Bonchev–Trinajstić information content (AvgIpc) is 2.68. The number of allylic oxidation sites excluding steroid dienone is 1. The number of carbonyl (C=O) groups is 1. The standard InChI is InChI=1S/C23H17BrF2OS/c1-15-12-21(26)11-6-18(15)13-22(23(27)17-4-7-19(24)8-5-17)28-14-16-2-9-20(25)10-3-16/h2-13H,14H2,1H3/b22-13+. The first-order chi connectivity index (χ1) is 13.4. The van der Waals surface area contributed by atoms with Crippen molar-refractivity contribution in [1.29, 1.82) is 0 Å². The normalized spacial score (nSPS) is 11.5. The van der Waals surface area contributed by atoms with E-state index in [0.717, 1.165) is 21.2 Å². The van der Waals surface area contributed by atoms with Gasteiger partial charge in [0, 0.05) is 15.8 Å². The maximum absolute atomic E-state index is 13.4. The highest BCUT2D eigenvalue weighted by Gasteiger charge is 2.14. The smallest absolute Gasteiger partial charge is 0.199 e. The molecule has 3 aromatic rings. The van der Waals surface area contributed by atoms with Crippen LogP contribution < -0.4 is 0 Å². The van der Waals surface area contributed by atoms with E-state index in [4.69, 9.17) is 0 Å². The van der Waals surface area contributed by atoms with Crippen molar-refractivity contribution in [3.63, 3.8) is 0 Å². The summed E-state index contributed by atoms with van der Waals surface area (Å²) in [6.07, 6.45) is 1.79. The summed E-state index contributed by atoms with van der Waals surface area (Å²) in [5.41, 5.74) is 3.02. The van der Waals surface area contributed by atoms with Gasteiger partial charge in [0.05, 0.1) is 4.91 Å². The predicted octanol–water partition coefficient (Wildman–Crippen LogP) is 7.19. The molecule has 28 heavy (non-hydrogen) atoms. The number of rotatable bonds is 6. The lowest BCUT2D eigenvalue weighted by Gasteiger charge is -2.09. The van der Waals surface area contributed by atoms with Crippen LogP contribution in [0, 0.1) is 18.6 Å². The summed E-state index contributed by atoms with van der Waals surface area (Å²) in [7, 11) is 0. The molecule has 142 valence electrons. The Hall–Kier alpha value is -2.24. The molecule has 0 atom stereocenters. The topological polar surface area (TPSA) is 17.1 Å². The van der Waals surface area contributed by atoms with Crippen LogP contribution in [0.5, 0.6) is 0 Å². The maximum Gasteiger partial charge on any atom is 0.199 e. The summed E-state index contributed by atoms with van der Waals surface area (Å²) >= 11 is 4.75. The van der Waals surface area contributed by atoms with E-state index < -0.39 is 0 Å². The van der Waals surface area contributed by atoms with Crippen molar-refractivity contribution >= 4 is 39.6 Å². The third-order valence-electron chi connectivity index (χ3n) is 4.16. The van der Waals surface area contributed by atoms with Crippen molar-refractivity contribution in [1.82, 2.24) is 0 Å². The minimum absolute atomic E-state index is 0.108. The van der Waals surface area contributed by atoms with Crippen molar-refractivity contribution in [3.05, 3.63) is 110 Å². The lowest BCUT2D eigenvalue weighted by atomic mass is 10.1. The number of benzene rings is 3. The molecule has 0 aliphatic carbocycles. The van der Waals surface area contributed by atoms with E-state index in [1.165, 1.54) is 36.0 Å². The monoisotopic (exact) mass is 458 g/mol. The van der Waals surface area contributed by atoms with E-state index >= 15 is 0 Å². The second-order valence-corrected chi connectivity index (χ2v) is 8.19. The molecule has 0 radical (unpaired) electrons. The zero-order chi connectivity index (χ0) is 20.1. The number of ketones is 1. The number of aryl methyl sites for hydroxylation is 1. The van der Waals surface area contributed by atoms with Gasteiger partial charge in [-0.25, -0.2) is 8.78 Å². The first kappa shape index (κ1) is 20.5. The highest BCUT2D eigenvalue weighted by molar-refractivity contribution is 9.10. The number of halogens is 3. The molecule has 3 rings (SSSR count). The Labute approximate surface area is 175 Å². The number of thioether (sulfide) groups is 1. The van der Waals surface area contributed by atoms with Crippen LogP contribution in [0.1, 0.15) is 27.0 Å². The zero-order valence-electron chi connectivity index (χ0n) is 15.1. The van der Waals surface area contributed by atoms with Crippen LogP contribution in [-0.4, -0.2) is 5.78 Å². The Morgan fingerprint density at radius 1 is 0.964 bits per heavy atom. The van der Waals surface area contributed by atoms with Crippen molar-refractivity contribution in [2.45, 2.75) is 12.7 Å². The summed E-state index contributed by atoms with van der Waals surface area (Å²) < 4.78 is 27.4. The van der Waals surface area contributed by atoms with Gasteiger partial charge in [0.2, 0.25) is 0 Å². The molecule has 0 bridgehead atoms. The fraction of sp³-hybridized carbons (Fsp3) is 0.0870. The lowest BCUT2D eigenvalue weighted by molar-refractivity contribution is 0.104. The van der Waals surface area contributed by atoms with Crippen LogP contribution in [0.2, 0.25) is 0 Å².